The second-order valence-electron chi connectivity index (χ2n) is 6.11. The van der Waals surface area contributed by atoms with Gasteiger partial charge in [0.25, 0.3) is 0 Å². The SMILES string of the molecule is CC(C)c1nc(NCc2cccc(CC(=O)O)c2)nc(N(C)C)n1. The highest BCUT2D eigenvalue weighted by atomic mass is 16.4. The van der Waals surface area contributed by atoms with Crippen LogP contribution in [0.4, 0.5) is 11.9 Å². The fraction of sp³-hybridized carbons (Fsp3) is 0.412. The van der Waals surface area contributed by atoms with Crippen LogP contribution in [0.5, 0.6) is 0 Å². The van der Waals surface area contributed by atoms with Crippen molar-refractivity contribution in [2.45, 2.75) is 32.7 Å². The van der Waals surface area contributed by atoms with Crippen molar-refractivity contribution in [2.75, 3.05) is 24.3 Å². The molecule has 0 radical (unpaired) electrons. The van der Waals surface area contributed by atoms with Crippen LogP contribution in [-0.4, -0.2) is 40.1 Å². The highest BCUT2D eigenvalue weighted by molar-refractivity contribution is 5.70. The lowest BCUT2D eigenvalue weighted by Gasteiger charge is -2.15. The number of benzene rings is 1. The van der Waals surface area contributed by atoms with Gasteiger partial charge >= 0.3 is 5.97 Å². The second-order valence-corrected chi connectivity index (χ2v) is 6.11. The summed E-state index contributed by atoms with van der Waals surface area (Å²) in [5.74, 6) is 1.22. The predicted octanol–water partition coefficient (Wildman–Crippen LogP) is 2.30. The summed E-state index contributed by atoms with van der Waals surface area (Å²) in [6, 6.07) is 7.48. The van der Waals surface area contributed by atoms with Crippen molar-refractivity contribution in [1.82, 2.24) is 15.0 Å². The summed E-state index contributed by atoms with van der Waals surface area (Å²) >= 11 is 0. The van der Waals surface area contributed by atoms with Gasteiger partial charge in [-0.2, -0.15) is 15.0 Å². The third kappa shape index (κ3) is 4.91. The Balaban J connectivity index is 2.15. The Morgan fingerprint density at radius 2 is 1.92 bits per heavy atom. The molecule has 0 spiro atoms. The number of aliphatic carboxylic acids is 1. The zero-order valence-electron chi connectivity index (χ0n) is 14.4. The average Bonchev–Trinajstić information content (AvgIpc) is 2.52. The summed E-state index contributed by atoms with van der Waals surface area (Å²) < 4.78 is 0. The van der Waals surface area contributed by atoms with Crippen LogP contribution in [0, 0.1) is 0 Å². The Morgan fingerprint density at radius 3 is 2.54 bits per heavy atom. The van der Waals surface area contributed by atoms with Crippen LogP contribution in [0.2, 0.25) is 0 Å². The van der Waals surface area contributed by atoms with Crippen molar-refractivity contribution < 1.29 is 9.90 Å². The summed E-state index contributed by atoms with van der Waals surface area (Å²) in [6.07, 6.45) is 0.0157. The van der Waals surface area contributed by atoms with E-state index in [0.29, 0.717) is 18.4 Å². The van der Waals surface area contributed by atoms with Gasteiger partial charge in [0, 0.05) is 26.6 Å². The molecule has 0 unspecified atom stereocenters. The van der Waals surface area contributed by atoms with E-state index in [1.54, 1.807) is 0 Å². The van der Waals surface area contributed by atoms with Crippen LogP contribution in [-0.2, 0) is 17.8 Å². The minimum Gasteiger partial charge on any atom is -0.481 e. The van der Waals surface area contributed by atoms with Gasteiger partial charge in [0.05, 0.1) is 6.42 Å². The topological polar surface area (TPSA) is 91.2 Å². The van der Waals surface area contributed by atoms with Crippen LogP contribution in [0.1, 0.15) is 36.7 Å². The van der Waals surface area contributed by atoms with Gasteiger partial charge in [-0.3, -0.25) is 4.79 Å². The summed E-state index contributed by atoms with van der Waals surface area (Å²) in [6.45, 7) is 4.59. The lowest BCUT2D eigenvalue weighted by Crippen LogP contribution is -2.17. The first-order valence-corrected chi connectivity index (χ1v) is 7.82. The number of hydrogen-bond donors (Lipinski definition) is 2. The quantitative estimate of drug-likeness (QED) is 0.805. The van der Waals surface area contributed by atoms with Crippen molar-refractivity contribution in [3.05, 3.63) is 41.2 Å². The van der Waals surface area contributed by atoms with Gasteiger partial charge in [-0.05, 0) is 11.1 Å². The predicted molar refractivity (Wildman–Crippen MR) is 93.4 cm³/mol. The number of carboxylic acids is 1. The summed E-state index contributed by atoms with van der Waals surface area (Å²) in [7, 11) is 3.77. The van der Waals surface area contributed by atoms with E-state index < -0.39 is 5.97 Å². The van der Waals surface area contributed by atoms with Crippen molar-refractivity contribution in [3.8, 4) is 0 Å². The molecule has 0 amide bonds. The molecule has 2 rings (SSSR count). The van der Waals surface area contributed by atoms with Crippen LogP contribution >= 0.6 is 0 Å². The molecule has 1 aromatic heterocycles. The van der Waals surface area contributed by atoms with Crippen LogP contribution in [0.25, 0.3) is 0 Å². The maximum absolute atomic E-state index is 10.8. The number of hydrogen-bond acceptors (Lipinski definition) is 6. The normalized spacial score (nSPS) is 10.7. The fourth-order valence-corrected chi connectivity index (χ4v) is 2.12. The Kier molecular flexibility index (Phi) is 5.68. The van der Waals surface area contributed by atoms with Crippen molar-refractivity contribution in [1.29, 1.82) is 0 Å². The molecule has 0 aliphatic heterocycles. The number of aromatic nitrogens is 3. The number of anilines is 2. The molecule has 0 saturated heterocycles. The molecule has 0 saturated carbocycles. The number of nitrogens with zero attached hydrogens (tertiary/aromatic N) is 4. The molecule has 128 valence electrons. The lowest BCUT2D eigenvalue weighted by atomic mass is 10.1. The smallest absolute Gasteiger partial charge is 0.307 e. The lowest BCUT2D eigenvalue weighted by molar-refractivity contribution is -0.136. The molecule has 0 fully saturated rings. The summed E-state index contributed by atoms with van der Waals surface area (Å²) in [4.78, 5) is 25.9. The second kappa shape index (κ2) is 7.72. The zero-order valence-corrected chi connectivity index (χ0v) is 14.4. The van der Waals surface area contributed by atoms with Gasteiger partial charge < -0.3 is 15.3 Å². The Labute approximate surface area is 141 Å². The molecule has 24 heavy (non-hydrogen) atoms. The zero-order chi connectivity index (χ0) is 17.7. The molecule has 7 nitrogen and oxygen atoms in total. The number of rotatable bonds is 7. The maximum Gasteiger partial charge on any atom is 0.307 e. The van der Waals surface area contributed by atoms with Crippen LogP contribution < -0.4 is 10.2 Å². The monoisotopic (exact) mass is 329 g/mol. The van der Waals surface area contributed by atoms with Crippen molar-refractivity contribution in [3.63, 3.8) is 0 Å². The molecule has 2 N–H and O–H groups in total. The summed E-state index contributed by atoms with van der Waals surface area (Å²) in [5, 5.41) is 12.1. The Hall–Kier alpha value is -2.70. The van der Waals surface area contributed by atoms with Gasteiger partial charge in [0.2, 0.25) is 11.9 Å². The number of carbonyl (C=O) groups is 1. The van der Waals surface area contributed by atoms with E-state index in [1.165, 1.54) is 0 Å². The minimum absolute atomic E-state index is 0.0157. The molecule has 2 aromatic rings. The fourth-order valence-electron chi connectivity index (χ4n) is 2.12. The van der Waals surface area contributed by atoms with E-state index in [9.17, 15) is 4.79 Å². The van der Waals surface area contributed by atoms with E-state index in [-0.39, 0.29) is 12.3 Å². The van der Waals surface area contributed by atoms with Crippen LogP contribution in [0.3, 0.4) is 0 Å². The van der Waals surface area contributed by atoms with Gasteiger partial charge in [-0.15, -0.1) is 0 Å². The van der Waals surface area contributed by atoms with E-state index in [1.807, 2.05) is 57.1 Å². The maximum atomic E-state index is 10.8. The van der Waals surface area contributed by atoms with Crippen molar-refractivity contribution in [2.24, 2.45) is 0 Å². The van der Waals surface area contributed by atoms with Gasteiger partial charge in [-0.1, -0.05) is 38.1 Å². The van der Waals surface area contributed by atoms with E-state index in [4.69, 9.17) is 5.11 Å². The van der Waals surface area contributed by atoms with E-state index in [2.05, 4.69) is 20.3 Å². The minimum atomic E-state index is -0.838. The Morgan fingerprint density at radius 1 is 1.21 bits per heavy atom. The molecule has 0 aliphatic carbocycles. The highest BCUT2D eigenvalue weighted by Crippen LogP contribution is 2.16. The molecule has 0 aliphatic rings. The van der Waals surface area contributed by atoms with Gasteiger partial charge in [0.15, 0.2) is 0 Å². The average molecular weight is 329 g/mol. The molecule has 0 atom stereocenters. The Bertz CT molecular complexity index is 690. The molecule has 1 aromatic carbocycles. The van der Waals surface area contributed by atoms with Crippen LogP contribution in [0.15, 0.2) is 24.3 Å². The third-order valence-electron chi connectivity index (χ3n) is 3.35. The first-order valence-electron chi connectivity index (χ1n) is 7.82. The first kappa shape index (κ1) is 17.7. The number of carboxylic acid groups (broad SMARTS) is 1. The summed E-state index contributed by atoms with van der Waals surface area (Å²) in [5.41, 5.74) is 1.75. The highest BCUT2D eigenvalue weighted by Gasteiger charge is 2.11. The third-order valence-corrected chi connectivity index (χ3v) is 3.35. The molecular weight excluding hydrogens is 306 g/mol. The van der Waals surface area contributed by atoms with E-state index in [0.717, 1.165) is 17.0 Å². The molecule has 0 bridgehead atoms. The molecule has 1 heterocycles. The van der Waals surface area contributed by atoms with E-state index >= 15 is 0 Å². The molecular formula is C17H23N5O2. The van der Waals surface area contributed by atoms with Crippen molar-refractivity contribution >= 4 is 17.9 Å². The molecule has 7 heteroatoms. The first-order chi connectivity index (χ1) is 11.3. The largest absolute Gasteiger partial charge is 0.481 e. The van der Waals surface area contributed by atoms with Gasteiger partial charge in [0.1, 0.15) is 5.82 Å². The van der Waals surface area contributed by atoms with Gasteiger partial charge in [-0.25, -0.2) is 0 Å². The number of nitrogens with one attached hydrogen (secondary N) is 1. The standard InChI is InChI=1S/C17H23N5O2/c1-11(2)15-19-16(21-17(20-15)22(3)4)18-10-13-7-5-6-12(8-13)9-14(23)24/h5-8,11H,9-10H2,1-4H3,(H,23,24)(H,18,19,20,21).